The Labute approximate surface area is 139 Å². The minimum absolute atomic E-state index is 0.331. The van der Waals surface area contributed by atoms with Crippen LogP contribution in [0.5, 0.6) is 0 Å². The van der Waals surface area contributed by atoms with E-state index in [2.05, 4.69) is 26.1 Å². The third-order valence-electron chi connectivity index (χ3n) is 3.85. The van der Waals surface area contributed by atoms with Crippen molar-refractivity contribution in [2.75, 3.05) is 4.90 Å². The fourth-order valence-electron chi connectivity index (χ4n) is 2.77. The Balaban J connectivity index is 1.71. The van der Waals surface area contributed by atoms with Crippen LogP contribution in [0.2, 0.25) is 0 Å². The molecule has 0 radical (unpaired) electrons. The van der Waals surface area contributed by atoms with E-state index in [0.29, 0.717) is 17.0 Å². The largest absolute Gasteiger partial charge is 0.381 e. The van der Waals surface area contributed by atoms with Gasteiger partial charge in [0.1, 0.15) is 11.6 Å². The minimum Gasteiger partial charge on any atom is -0.381 e. The third-order valence-corrected chi connectivity index (χ3v) is 4.38. The van der Waals surface area contributed by atoms with Crippen LogP contribution in [-0.4, -0.2) is 28.6 Å². The monoisotopic (exact) mass is 371 g/mol. The lowest BCUT2D eigenvalue weighted by atomic mass is 9.95. The number of rotatable bonds is 2. The Morgan fingerprint density at radius 2 is 1.87 bits per heavy atom. The SMILES string of the molecule is O=C1[C@@H]2C(c3cccnc3)=NO[C@@H]2C(=O)N1c1ccc(Br)cc1. The molecule has 1 fully saturated rings. The number of oxime groups is 1. The normalized spacial score (nSPS) is 22.8. The number of anilines is 1. The van der Waals surface area contributed by atoms with Crippen molar-refractivity contribution in [2.24, 2.45) is 11.1 Å². The molecular weight excluding hydrogens is 362 g/mol. The van der Waals surface area contributed by atoms with Crippen LogP contribution >= 0.6 is 15.9 Å². The Hall–Kier alpha value is -2.54. The molecule has 0 aliphatic carbocycles. The van der Waals surface area contributed by atoms with Crippen LogP contribution in [0.4, 0.5) is 5.69 Å². The van der Waals surface area contributed by atoms with Gasteiger partial charge in [-0.05, 0) is 36.4 Å². The predicted molar refractivity (Wildman–Crippen MR) is 85.8 cm³/mol. The molecule has 6 nitrogen and oxygen atoms in total. The van der Waals surface area contributed by atoms with Gasteiger partial charge in [0.25, 0.3) is 5.91 Å². The number of aromatic nitrogens is 1. The average Bonchev–Trinajstić information content (AvgIpc) is 3.11. The Bertz CT molecular complexity index is 820. The second-order valence-corrected chi connectivity index (χ2v) is 6.13. The van der Waals surface area contributed by atoms with Crippen molar-refractivity contribution >= 4 is 39.1 Å². The number of amides is 2. The van der Waals surface area contributed by atoms with E-state index in [-0.39, 0.29) is 5.91 Å². The second-order valence-electron chi connectivity index (χ2n) is 5.21. The molecule has 0 spiro atoms. The topological polar surface area (TPSA) is 71.9 Å². The molecule has 1 aromatic carbocycles. The van der Waals surface area contributed by atoms with Crippen molar-refractivity contribution in [1.82, 2.24) is 4.98 Å². The summed E-state index contributed by atoms with van der Waals surface area (Å²) in [4.78, 5) is 35.7. The minimum atomic E-state index is -0.902. The van der Waals surface area contributed by atoms with Gasteiger partial charge in [0.05, 0.1) is 5.69 Å². The Morgan fingerprint density at radius 3 is 2.57 bits per heavy atom. The maximum atomic E-state index is 12.8. The number of benzene rings is 1. The van der Waals surface area contributed by atoms with Gasteiger partial charge < -0.3 is 4.84 Å². The highest BCUT2D eigenvalue weighted by molar-refractivity contribution is 9.10. The van der Waals surface area contributed by atoms with Gasteiger partial charge in [-0.2, -0.15) is 0 Å². The van der Waals surface area contributed by atoms with Crippen molar-refractivity contribution in [3.05, 3.63) is 58.8 Å². The van der Waals surface area contributed by atoms with Crippen LogP contribution in [0.15, 0.2) is 58.4 Å². The summed E-state index contributed by atoms with van der Waals surface area (Å²) < 4.78 is 0.870. The molecule has 114 valence electrons. The van der Waals surface area contributed by atoms with Gasteiger partial charge in [-0.3, -0.25) is 14.6 Å². The summed E-state index contributed by atoms with van der Waals surface area (Å²) in [5.41, 5.74) is 1.65. The van der Waals surface area contributed by atoms with Crippen molar-refractivity contribution < 1.29 is 14.4 Å². The summed E-state index contributed by atoms with van der Waals surface area (Å²) in [6.45, 7) is 0. The van der Waals surface area contributed by atoms with Gasteiger partial charge in [0.2, 0.25) is 12.0 Å². The number of hydrogen-bond donors (Lipinski definition) is 0. The molecule has 1 saturated heterocycles. The number of fused-ring (bicyclic) bond motifs is 1. The quantitative estimate of drug-likeness (QED) is 0.758. The lowest BCUT2D eigenvalue weighted by molar-refractivity contribution is -0.126. The maximum absolute atomic E-state index is 12.8. The summed E-state index contributed by atoms with van der Waals surface area (Å²) in [5.74, 6) is -1.46. The first kappa shape index (κ1) is 14.1. The molecule has 23 heavy (non-hydrogen) atoms. The molecule has 2 amide bonds. The molecule has 0 unspecified atom stereocenters. The van der Waals surface area contributed by atoms with Gasteiger partial charge >= 0.3 is 0 Å². The highest BCUT2D eigenvalue weighted by Gasteiger charge is 2.56. The van der Waals surface area contributed by atoms with Gasteiger partial charge in [-0.25, -0.2) is 4.90 Å². The first-order valence-electron chi connectivity index (χ1n) is 6.94. The first-order valence-corrected chi connectivity index (χ1v) is 7.73. The molecule has 4 rings (SSSR count). The number of nitrogens with zero attached hydrogens (tertiary/aromatic N) is 3. The lowest BCUT2D eigenvalue weighted by Gasteiger charge is -2.15. The molecule has 2 aromatic rings. The number of imide groups is 1. The van der Waals surface area contributed by atoms with Crippen molar-refractivity contribution in [3.8, 4) is 0 Å². The molecule has 3 heterocycles. The number of carbonyl (C=O) groups excluding carboxylic acids is 2. The molecule has 2 atom stereocenters. The number of halogens is 1. The standard InChI is InChI=1S/C16H10BrN3O3/c17-10-3-5-11(6-4-10)20-15(21)12-13(9-2-1-7-18-8-9)19-23-14(12)16(20)22/h1-8,12,14H/t12-,14+/m1/s1. The summed E-state index contributed by atoms with van der Waals surface area (Å²) in [6, 6.07) is 10.5. The average molecular weight is 372 g/mol. The first-order chi connectivity index (χ1) is 11.2. The van der Waals surface area contributed by atoms with Gasteiger partial charge in [0.15, 0.2) is 0 Å². The smallest absolute Gasteiger partial charge is 0.278 e. The van der Waals surface area contributed by atoms with E-state index in [1.165, 1.54) is 0 Å². The zero-order valence-electron chi connectivity index (χ0n) is 11.7. The molecule has 2 aliphatic heterocycles. The van der Waals surface area contributed by atoms with Crippen molar-refractivity contribution in [3.63, 3.8) is 0 Å². The highest BCUT2D eigenvalue weighted by Crippen LogP contribution is 2.35. The van der Waals surface area contributed by atoms with E-state index in [0.717, 1.165) is 9.37 Å². The van der Waals surface area contributed by atoms with Crippen molar-refractivity contribution in [1.29, 1.82) is 0 Å². The van der Waals surface area contributed by atoms with E-state index >= 15 is 0 Å². The Morgan fingerprint density at radius 1 is 1.09 bits per heavy atom. The maximum Gasteiger partial charge on any atom is 0.278 e. The van der Waals surface area contributed by atoms with Crippen LogP contribution in [0.1, 0.15) is 5.56 Å². The summed E-state index contributed by atoms with van der Waals surface area (Å²) in [6.07, 6.45) is 2.33. The Kier molecular flexibility index (Phi) is 3.23. The number of hydrogen-bond acceptors (Lipinski definition) is 5. The lowest BCUT2D eigenvalue weighted by Crippen LogP contribution is -2.33. The van der Waals surface area contributed by atoms with E-state index in [1.54, 1.807) is 48.8 Å². The van der Waals surface area contributed by atoms with Crippen LogP contribution in [-0.2, 0) is 14.4 Å². The fraction of sp³-hybridized carbons (Fsp3) is 0.125. The van der Waals surface area contributed by atoms with E-state index < -0.39 is 17.9 Å². The molecule has 1 aromatic heterocycles. The van der Waals surface area contributed by atoms with Crippen molar-refractivity contribution in [2.45, 2.75) is 6.10 Å². The van der Waals surface area contributed by atoms with E-state index in [9.17, 15) is 9.59 Å². The van der Waals surface area contributed by atoms with E-state index in [1.807, 2.05) is 0 Å². The second kappa shape index (κ2) is 5.27. The van der Waals surface area contributed by atoms with Crippen LogP contribution in [0.3, 0.4) is 0 Å². The molecular formula is C16H10BrN3O3. The molecule has 7 heteroatoms. The molecule has 0 N–H and O–H groups in total. The highest BCUT2D eigenvalue weighted by atomic mass is 79.9. The number of pyridine rings is 1. The molecule has 0 saturated carbocycles. The summed E-state index contributed by atoms with van der Waals surface area (Å²) in [7, 11) is 0. The summed E-state index contributed by atoms with van der Waals surface area (Å²) in [5, 5.41) is 3.93. The fourth-order valence-corrected chi connectivity index (χ4v) is 3.04. The van der Waals surface area contributed by atoms with Gasteiger partial charge in [-0.15, -0.1) is 0 Å². The van der Waals surface area contributed by atoms with Crippen LogP contribution < -0.4 is 4.90 Å². The molecule has 0 bridgehead atoms. The zero-order chi connectivity index (χ0) is 16.0. The van der Waals surface area contributed by atoms with Crippen LogP contribution in [0, 0.1) is 5.92 Å². The summed E-state index contributed by atoms with van der Waals surface area (Å²) >= 11 is 3.33. The predicted octanol–water partition coefficient (Wildman–Crippen LogP) is 2.14. The van der Waals surface area contributed by atoms with Gasteiger partial charge in [0, 0.05) is 22.4 Å². The van der Waals surface area contributed by atoms with Crippen LogP contribution in [0.25, 0.3) is 0 Å². The molecule has 2 aliphatic rings. The van der Waals surface area contributed by atoms with Gasteiger partial charge in [-0.1, -0.05) is 21.1 Å². The third kappa shape index (κ3) is 2.16. The number of carbonyl (C=O) groups is 2. The van der Waals surface area contributed by atoms with E-state index in [4.69, 9.17) is 4.84 Å². The zero-order valence-corrected chi connectivity index (χ0v) is 13.3.